The van der Waals surface area contributed by atoms with Gasteiger partial charge in [-0.25, -0.2) is 0 Å². The maximum atomic E-state index is 6.22. The highest BCUT2D eigenvalue weighted by Crippen LogP contribution is 2.20. The Bertz CT molecular complexity index is 349. The molecule has 17 heavy (non-hydrogen) atoms. The van der Waals surface area contributed by atoms with Crippen LogP contribution in [0, 0.1) is 19.8 Å². The maximum absolute atomic E-state index is 6.22. The summed E-state index contributed by atoms with van der Waals surface area (Å²) in [4.78, 5) is 0. The number of benzene rings is 1. The molecular weight excluding hydrogens is 226 g/mol. The Morgan fingerprint density at radius 3 is 2.47 bits per heavy atom. The lowest BCUT2D eigenvalue weighted by Crippen LogP contribution is -2.14. The maximum Gasteiger partial charge on any atom is 0.0386 e. The van der Waals surface area contributed by atoms with E-state index in [2.05, 4.69) is 45.9 Å². The zero-order valence-corrected chi connectivity index (χ0v) is 12.3. The fourth-order valence-electron chi connectivity index (χ4n) is 1.61. The molecule has 0 aliphatic carbocycles. The smallest absolute Gasteiger partial charge is 0.0386 e. The van der Waals surface area contributed by atoms with Gasteiger partial charge >= 0.3 is 0 Å². The van der Waals surface area contributed by atoms with Crippen molar-refractivity contribution in [3.63, 3.8) is 0 Å². The molecule has 2 heteroatoms. The third kappa shape index (κ3) is 4.72. The fourth-order valence-corrected chi connectivity index (χ4v) is 2.83. The zero-order valence-electron chi connectivity index (χ0n) is 11.5. The lowest BCUT2D eigenvalue weighted by Gasteiger charge is -2.15. The lowest BCUT2D eigenvalue weighted by molar-refractivity contribution is 0.636. The topological polar surface area (TPSA) is 26.0 Å². The molecule has 0 fully saturated rings. The molecule has 2 N–H and O–H groups in total. The number of aryl methyl sites for hydroxylation is 2. The molecule has 0 bridgehead atoms. The van der Waals surface area contributed by atoms with Crippen LogP contribution in [0.15, 0.2) is 18.2 Å². The van der Waals surface area contributed by atoms with Gasteiger partial charge in [-0.3, -0.25) is 0 Å². The molecule has 2 atom stereocenters. The summed E-state index contributed by atoms with van der Waals surface area (Å²) < 4.78 is 0. The number of rotatable bonds is 6. The highest BCUT2D eigenvalue weighted by molar-refractivity contribution is 7.99. The van der Waals surface area contributed by atoms with Crippen molar-refractivity contribution in [2.45, 2.75) is 40.2 Å². The summed E-state index contributed by atoms with van der Waals surface area (Å²) in [6.07, 6.45) is 1.26. The molecule has 0 aliphatic heterocycles. The predicted molar refractivity (Wildman–Crippen MR) is 79.6 cm³/mol. The molecule has 1 rings (SSSR count). The standard InChI is InChI=1S/C15H25NS/c1-5-11(2)9-17-10-15(16)14-7-6-12(3)13(4)8-14/h6-8,11,15H,5,9-10,16H2,1-4H3. The first-order chi connectivity index (χ1) is 8.04. The van der Waals surface area contributed by atoms with Crippen molar-refractivity contribution < 1.29 is 0 Å². The molecule has 0 saturated carbocycles. The number of nitrogens with two attached hydrogens (primary N) is 1. The molecule has 2 unspecified atom stereocenters. The molecule has 1 nitrogen and oxygen atoms in total. The van der Waals surface area contributed by atoms with Gasteiger partial charge in [-0.15, -0.1) is 0 Å². The van der Waals surface area contributed by atoms with Crippen LogP contribution in [0.3, 0.4) is 0 Å². The normalized spacial score (nSPS) is 14.6. The van der Waals surface area contributed by atoms with E-state index in [4.69, 9.17) is 5.73 Å². The minimum absolute atomic E-state index is 0.170. The van der Waals surface area contributed by atoms with Gasteiger partial charge in [0.05, 0.1) is 0 Å². The van der Waals surface area contributed by atoms with Crippen LogP contribution in [-0.2, 0) is 0 Å². The molecule has 0 aromatic heterocycles. The predicted octanol–water partition coefficient (Wildman–Crippen LogP) is 4.08. The molecule has 1 aromatic rings. The molecule has 0 aliphatic rings. The highest BCUT2D eigenvalue weighted by Gasteiger charge is 2.08. The molecule has 0 spiro atoms. The van der Waals surface area contributed by atoms with E-state index in [-0.39, 0.29) is 6.04 Å². The van der Waals surface area contributed by atoms with E-state index >= 15 is 0 Å². The lowest BCUT2D eigenvalue weighted by atomic mass is 10.0. The van der Waals surface area contributed by atoms with Crippen molar-refractivity contribution in [2.75, 3.05) is 11.5 Å². The second kappa shape index (κ2) is 7.07. The van der Waals surface area contributed by atoms with Crippen LogP contribution in [0.2, 0.25) is 0 Å². The van der Waals surface area contributed by atoms with E-state index in [1.54, 1.807) is 0 Å². The number of hydrogen-bond acceptors (Lipinski definition) is 2. The number of hydrogen-bond donors (Lipinski definition) is 1. The summed E-state index contributed by atoms with van der Waals surface area (Å²) >= 11 is 1.97. The SMILES string of the molecule is CCC(C)CSCC(N)c1ccc(C)c(C)c1. The van der Waals surface area contributed by atoms with Crippen molar-refractivity contribution in [3.8, 4) is 0 Å². The molecule has 0 amide bonds. The molecule has 96 valence electrons. The summed E-state index contributed by atoms with van der Waals surface area (Å²) in [6, 6.07) is 6.73. The van der Waals surface area contributed by atoms with Crippen LogP contribution in [0.1, 0.15) is 43.0 Å². The van der Waals surface area contributed by atoms with Crippen molar-refractivity contribution in [1.29, 1.82) is 0 Å². The van der Waals surface area contributed by atoms with Crippen molar-refractivity contribution in [3.05, 3.63) is 34.9 Å². The Morgan fingerprint density at radius 2 is 1.88 bits per heavy atom. The summed E-state index contributed by atoms with van der Waals surface area (Å²) in [5.41, 5.74) is 10.2. The average molecular weight is 251 g/mol. The molecule has 0 heterocycles. The first-order valence-electron chi connectivity index (χ1n) is 6.45. The van der Waals surface area contributed by atoms with Gasteiger partial charge in [-0.2, -0.15) is 11.8 Å². The molecule has 1 aromatic carbocycles. The van der Waals surface area contributed by atoms with Crippen LogP contribution in [-0.4, -0.2) is 11.5 Å². The van der Waals surface area contributed by atoms with Gasteiger partial charge in [-0.05, 0) is 42.2 Å². The van der Waals surface area contributed by atoms with Crippen molar-refractivity contribution in [1.82, 2.24) is 0 Å². The molecule has 0 radical (unpaired) electrons. The van der Waals surface area contributed by atoms with Crippen LogP contribution >= 0.6 is 11.8 Å². The van der Waals surface area contributed by atoms with Crippen LogP contribution in [0.5, 0.6) is 0 Å². The van der Waals surface area contributed by atoms with E-state index in [1.165, 1.54) is 28.9 Å². The first-order valence-corrected chi connectivity index (χ1v) is 7.60. The third-order valence-electron chi connectivity index (χ3n) is 3.36. The molecule has 0 saturated heterocycles. The van der Waals surface area contributed by atoms with Crippen LogP contribution in [0.4, 0.5) is 0 Å². The summed E-state index contributed by atoms with van der Waals surface area (Å²) in [5.74, 6) is 3.04. The third-order valence-corrected chi connectivity index (χ3v) is 4.76. The summed E-state index contributed by atoms with van der Waals surface area (Å²) in [7, 11) is 0. The minimum Gasteiger partial charge on any atom is -0.323 e. The van der Waals surface area contributed by atoms with Gasteiger partial charge in [-0.1, -0.05) is 38.5 Å². The van der Waals surface area contributed by atoms with Gasteiger partial charge in [0.25, 0.3) is 0 Å². The van der Waals surface area contributed by atoms with Gasteiger partial charge in [0.15, 0.2) is 0 Å². The quantitative estimate of drug-likeness (QED) is 0.824. The van der Waals surface area contributed by atoms with E-state index in [9.17, 15) is 0 Å². The first kappa shape index (κ1) is 14.6. The zero-order chi connectivity index (χ0) is 12.8. The van der Waals surface area contributed by atoms with E-state index in [0.717, 1.165) is 11.7 Å². The Kier molecular flexibility index (Phi) is 6.07. The summed E-state index contributed by atoms with van der Waals surface area (Å²) in [5, 5.41) is 0. The van der Waals surface area contributed by atoms with Crippen molar-refractivity contribution in [2.24, 2.45) is 11.7 Å². The second-order valence-corrected chi connectivity index (χ2v) is 6.08. The Morgan fingerprint density at radius 1 is 1.18 bits per heavy atom. The Balaban J connectivity index is 2.46. The fraction of sp³-hybridized carbons (Fsp3) is 0.600. The minimum atomic E-state index is 0.170. The van der Waals surface area contributed by atoms with E-state index in [1.807, 2.05) is 11.8 Å². The number of thioether (sulfide) groups is 1. The Labute approximate surface area is 110 Å². The van der Waals surface area contributed by atoms with Crippen molar-refractivity contribution >= 4 is 11.8 Å². The second-order valence-electron chi connectivity index (χ2n) is 5.00. The largest absolute Gasteiger partial charge is 0.323 e. The van der Waals surface area contributed by atoms with Crippen LogP contribution < -0.4 is 5.73 Å². The monoisotopic (exact) mass is 251 g/mol. The highest BCUT2D eigenvalue weighted by atomic mass is 32.2. The van der Waals surface area contributed by atoms with E-state index in [0.29, 0.717) is 0 Å². The van der Waals surface area contributed by atoms with Gasteiger partial charge in [0.2, 0.25) is 0 Å². The summed E-state index contributed by atoms with van der Waals surface area (Å²) in [6.45, 7) is 8.84. The Hall–Kier alpha value is -0.470. The van der Waals surface area contributed by atoms with Crippen LogP contribution in [0.25, 0.3) is 0 Å². The average Bonchev–Trinajstić information content (AvgIpc) is 2.32. The van der Waals surface area contributed by atoms with Gasteiger partial charge in [0.1, 0.15) is 0 Å². The van der Waals surface area contributed by atoms with Gasteiger partial charge in [0, 0.05) is 11.8 Å². The molecular formula is C15H25NS. The van der Waals surface area contributed by atoms with E-state index < -0.39 is 0 Å². The van der Waals surface area contributed by atoms with Gasteiger partial charge < -0.3 is 5.73 Å².